The Bertz CT molecular complexity index is 343. The molecule has 1 aromatic heterocycles. The number of hydrogen-bond acceptors (Lipinski definition) is 4. The van der Waals surface area contributed by atoms with E-state index in [2.05, 4.69) is 11.6 Å². The molecule has 1 heterocycles. The summed E-state index contributed by atoms with van der Waals surface area (Å²) in [6.45, 7) is 6.94. The Balaban J connectivity index is 2.79. The standard InChI is InChI=1S/C9H13F2N3S2/c1-3-5-13(4-2)7-8-12-6-9(15-10)14(8)16-11/h4,6H,2-3,5,7H2,1H3. The molecule has 0 aliphatic rings. The monoisotopic (exact) mass is 265 g/mol. The molecule has 0 fully saturated rings. The van der Waals surface area contributed by atoms with Gasteiger partial charge in [-0.3, -0.25) is 0 Å². The van der Waals surface area contributed by atoms with E-state index in [0.717, 1.165) is 16.9 Å². The van der Waals surface area contributed by atoms with Gasteiger partial charge in [-0.25, -0.2) is 8.96 Å². The van der Waals surface area contributed by atoms with Crippen LogP contribution in [0, 0.1) is 0 Å². The van der Waals surface area contributed by atoms with Gasteiger partial charge >= 0.3 is 0 Å². The van der Waals surface area contributed by atoms with Crippen LogP contribution in [-0.4, -0.2) is 20.4 Å². The van der Waals surface area contributed by atoms with E-state index >= 15 is 0 Å². The van der Waals surface area contributed by atoms with Gasteiger partial charge in [0.15, 0.2) is 12.3 Å². The highest BCUT2D eigenvalue weighted by molar-refractivity contribution is 7.96. The van der Waals surface area contributed by atoms with Crippen LogP contribution >= 0.6 is 24.5 Å². The number of imidazole rings is 1. The lowest BCUT2D eigenvalue weighted by atomic mass is 10.4. The third kappa shape index (κ3) is 3.15. The quantitative estimate of drug-likeness (QED) is 0.750. The summed E-state index contributed by atoms with van der Waals surface area (Å²) in [5.41, 5.74) is 0. The highest BCUT2D eigenvalue weighted by Crippen LogP contribution is 2.26. The molecule has 16 heavy (non-hydrogen) atoms. The van der Waals surface area contributed by atoms with Crippen molar-refractivity contribution in [2.45, 2.75) is 24.9 Å². The van der Waals surface area contributed by atoms with Crippen molar-refractivity contribution >= 4 is 24.5 Å². The van der Waals surface area contributed by atoms with Crippen LogP contribution in [0.5, 0.6) is 0 Å². The zero-order valence-corrected chi connectivity index (χ0v) is 10.5. The molecule has 0 amide bonds. The van der Waals surface area contributed by atoms with Crippen molar-refractivity contribution in [3.63, 3.8) is 0 Å². The minimum Gasteiger partial charge on any atom is -0.371 e. The van der Waals surface area contributed by atoms with Gasteiger partial charge in [0.05, 0.1) is 12.7 Å². The van der Waals surface area contributed by atoms with Gasteiger partial charge in [0.1, 0.15) is 23.0 Å². The smallest absolute Gasteiger partial charge is 0.172 e. The van der Waals surface area contributed by atoms with E-state index in [1.54, 1.807) is 6.20 Å². The first-order valence-electron chi connectivity index (χ1n) is 4.77. The third-order valence-corrected chi connectivity index (χ3v) is 3.13. The second-order valence-electron chi connectivity index (χ2n) is 3.11. The Kier molecular flexibility index (Phi) is 5.68. The van der Waals surface area contributed by atoms with Crippen molar-refractivity contribution in [3.8, 4) is 0 Å². The maximum atomic E-state index is 12.6. The van der Waals surface area contributed by atoms with Crippen molar-refractivity contribution < 1.29 is 7.77 Å². The molecule has 1 aromatic rings. The van der Waals surface area contributed by atoms with Crippen molar-refractivity contribution in [3.05, 3.63) is 24.8 Å². The van der Waals surface area contributed by atoms with E-state index in [-0.39, 0.29) is 29.5 Å². The largest absolute Gasteiger partial charge is 0.371 e. The molecular weight excluding hydrogens is 252 g/mol. The highest BCUT2D eigenvalue weighted by Gasteiger charge is 2.13. The molecular formula is C9H13F2N3S2. The molecule has 0 atom stereocenters. The molecule has 7 heteroatoms. The van der Waals surface area contributed by atoms with E-state index in [4.69, 9.17) is 0 Å². The molecule has 0 N–H and O–H groups in total. The van der Waals surface area contributed by atoms with Crippen LogP contribution < -0.4 is 0 Å². The molecule has 1 rings (SSSR count). The number of nitrogens with zero attached hydrogens (tertiary/aromatic N) is 3. The number of rotatable bonds is 7. The Hall–Kier alpha value is -0.690. The fraction of sp³-hybridized carbons (Fsp3) is 0.444. The van der Waals surface area contributed by atoms with Crippen LogP contribution in [0.3, 0.4) is 0 Å². The molecule has 0 saturated heterocycles. The summed E-state index contributed by atoms with van der Waals surface area (Å²) in [4.78, 5) is 5.88. The van der Waals surface area contributed by atoms with Gasteiger partial charge < -0.3 is 4.90 Å². The topological polar surface area (TPSA) is 21.1 Å². The normalized spacial score (nSPS) is 10.4. The van der Waals surface area contributed by atoms with Crippen LogP contribution in [0.15, 0.2) is 24.0 Å². The summed E-state index contributed by atoms with van der Waals surface area (Å²) in [6, 6.07) is 0. The Morgan fingerprint density at radius 2 is 2.38 bits per heavy atom. The fourth-order valence-electron chi connectivity index (χ4n) is 1.30. The number of aromatic nitrogens is 2. The maximum absolute atomic E-state index is 12.6. The minimum absolute atomic E-state index is 0.0158. The van der Waals surface area contributed by atoms with Crippen LogP contribution in [-0.2, 0) is 6.54 Å². The van der Waals surface area contributed by atoms with Gasteiger partial charge in [-0.1, -0.05) is 13.5 Å². The van der Waals surface area contributed by atoms with Crippen LogP contribution in [0.25, 0.3) is 0 Å². The summed E-state index contributed by atoms with van der Waals surface area (Å²) in [6.07, 6.45) is 3.95. The number of halogens is 2. The Labute approximate surface area is 103 Å². The lowest BCUT2D eigenvalue weighted by Gasteiger charge is -2.18. The lowest BCUT2D eigenvalue weighted by molar-refractivity contribution is 0.359. The molecule has 0 aromatic carbocycles. The van der Waals surface area contributed by atoms with E-state index in [1.165, 1.54) is 6.20 Å². The van der Waals surface area contributed by atoms with Crippen LogP contribution in [0.1, 0.15) is 19.2 Å². The van der Waals surface area contributed by atoms with Gasteiger partial charge in [0, 0.05) is 6.54 Å². The first-order chi connectivity index (χ1) is 7.76. The molecule has 0 aliphatic heterocycles. The molecule has 0 unspecified atom stereocenters. The van der Waals surface area contributed by atoms with Crippen molar-refractivity contribution in [2.75, 3.05) is 6.54 Å². The lowest BCUT2D eigenvalue weighted by Crippen LogP contribution is -2.19. The van der Waals surface area contributed by atoms with Gasteiger partial charge in [0.25, 0.3) is 0 Å². The zero-order chi connectivity index (χ0) is 12.0. The van der Waals surface area contributed by atoms with E-state index in [9.17, 15) is 7.77 Å². The first-order valence-corrected chi connectivity index (χ1v) is 6.16. The average Bonchev–Trinajstić information content (AvgIpc) is 2.70. The average molecular weight is 265 g/mol. The van der Waals surface area contributed by atoms with E-state index < -0.39 is 0 Å². The van der Waals surface area contributed by atoms with Gasteiger partial charge in [-0.2, -0.15) is 3.89 Å². The summed E-state index contributed by atoms with van der Waals surface area (Å²) < 4.78 is 26.2. The van der Waals surface area contributed by atoms with E-state index in [0.29, 0.717) is 12.4 Å². The third-order valence-electron chi connectivity index (χ3n) is 2.02. The SMILES string of the molecule is C=CN(CCC)Cc1ncc(SF)n1SF. The van der Waals surface area contributed by atoms with Crippen molar-refractivity contribution in [1.82, 2.24) is 13.9 Å². The molecule has 0 aliphatic carbocycles. The summed E-state index contributed by atoms with van der Waals surface area (Å²) in [7, 11) is 0. The summed E-state index contributed by atoms with van der Waals surface area (Å²) in [5.74, 6) is 0.473. The number of hydrogen-bond donors (Lipinski definition) is 0. The predicted octanol–water partition coefficient (Wildman–Crippen LogP) is 3.60. The minimum atomic E-state index is -0.0438. The molecule has 0 radical (unpaired) electrons. The first kappa shape index (κ1) is 13.4. The maximum Gasteiger partial charge on any atom is 0.172 e. The Morgan fingerprint density at radius 1 is 1.62 bits per heavy atom. The molecule has 0 spiro atoms. The van der Waals surface area contributed by atoms with Crippen molar-refractivity contribution in [1.29, 1.82) is 0 Å². The summed E-state index contributed by atoms with van der Waals surface area (Å²) >= 11 is -0.0596. The predicted molar refractivity (Wildman–Crippen MR) is 64.2 cm³/mol. The molecule has 3 nitrogen and oxygen atoms in total. The van der Waals surface area contributed by atoms with Crippen LogP contribution in [0.4, 0.5) is 7.77 Å². The molecule has 0 bridgehead atoms. The van der Waals surface area contributed by atoms with Crippen LogP contribution in [0.2, 0.25) is 0 Å². The second kappa shape index (κ2) is 6.80. The fourth-order valence-corrected chi connectivity index (χ4v) is 2.03. The van der Waals surface area contributed by atoms with Crippen molar-refractivity contribution in [2.24, 2.45) is 0 Å². The summed E-state index contributed by atoms with van der Waals surface area (Å²) in [5, 5.41) is 0.156. The zero-order valence-electron chi connectivity index (χ0n) is 8.90. The van der Waals surface area contributed by atoms with Gasteiger partial charge in [-0.05, 0) is 12.6 Å². The molecule has 90 valence electrons. The van der Waals surface area contributed by atoms with Gasteiger partial charge in [0.2, 0.25) is 0 Å². The Morgan fingerprint density at radius 3 is 2.88 bits per heavy atom. The molecule has 0 saturated carbocycles. The van der Waals surface area contributed by atoms with Gasteiger partial charge in [-0.15, -0.1) is 3.89 Å². The second-order valence-corrected chi connectivity index (χ2v) is 4.18. The van der Waals surface area contributed by atoms with E-state index in [1.807, 2.05) is 11.8 Å². The highest BCUT2D eigenvalue weighted by atomic mass is 32.2.